The van der Waals surface area contributed by atoms with E-state index in [9.17, 15) is 9.59 Å². The van der Waals surface area contributed by atoms with Gasteiger partial charge in [0.1, 0.15) is 5.75 Å². The summed E-state index contributed by atoms with van der Waals surface area (Å²) in [6, 6.07) is 7.23. The molecule has 22 heavy (non-hydrogen) atoms. The first kappa shape index (κ1) is 17.7. The number of benzene rings is 1. The van der Waals surface area contributed by atoms with Gasteiger partial charge in [-0.3, -0.25) is 9.59 Å². The van der Waals surface area contributed by atoms with Crippen LogP contribution >= 0.6 is 0 Å². The lowest BCUT2D eigenvalue weighted by molar-refractivity contribution is -0.139. The zero-order valence-corrected chi connectivity index (χ0v) is 13.3. The Labute approximate surface area is 130 Å². The Morgan fingerprint density at radius 1 is 1.23 bits per heavy atom. The highest BCUT2D eigenvalue weighted by atomic mass is 16.5. The van der Waals surface area contributed by atoms with Crippen LogP contribution in [0.5, 0.6) is 5.75 Å². The van der Waals surface area contributed by atoms with Gasteiger partial charge in [0.05, 0.1) is 12.8 Å². The topological polar surface area (TPSA) is 79.8 Å². The maximum absolute atomic E-state index is 11.4. The van der Waals surface area contributed by atoms with Gasteiger partial charge in [-0.2, -0.15) is 5.10 Å². The SMILES string of the molecule is CCCCOc1ccc(/C=N/NC(=O)C(=O)NC(C)C)cc1. The highest BCUT2D eigenvalue weighted by Gasteiger charge is 2.12. The van der Waals surface area contributed by atoms with Crippen molar-refractivity contribution < 1.29 is 14.3 Å². The van der Waals surface area contributed by atoms with Crippen LogP contribution in [0.1, 0.15) is 39.2 Å². The molecule has 0 saturated heterocycles. The molecule has 0 bridgehead atoms. The van der Waals surface area contributed by atoms with Gasteiger partial charge < -0.3 is 10.1 Å². The van der Waals surface area contributed by atoms with Crippen LogP contribution in [0.15, 0.2) is 29.4 Å². The fourth-order valence-electron chi connectivity index (χ4n) is 1.53. The minimum Gasteiger partial charge on any atom is -0.494 e. The molecule has 0 aliphatic heterocycles. The summed E-state index contributed by atoms with van der Waals surface area (Å²) in [5, 5.41) is 6.23. The molecule has 1 aromatic carbocycles. The molecule has 0 radical (unpaired) electrons. The second-order valence-corrected chi connectivity index (χ2v) is 5.10. The summed E-state index contributed by atoms with van der Waals surface area (Å²) in [4.78, 5) is 22.8. The van der Waals surface area contributed by atoms with E-state index in [1.165, 1.54) is 6.21 Å². The Balaban J connectivity index is 2.43. The normalized spacial score (nSPS) is 10.7. The third kappa shape index (κ3) is 6.88. The minimum absolute atomic E-state index is 0.0949. The average molecular weight is 305 g/mol. The van der Waals surface area contributed by atoms with Crippen LogP contribution in [-0.2, 0) is 9.59 Å². The molecule has 0 spiro atoms. The molecule has 6 nitrogen and oxygen atoms in total. The number of ether oxygens (including phenoxy) is 1. The summed E-state index contributed by atoms with van der Waals surface area (Å²) < 4.78 is 5.55. The second-order valence-electron chi connectivity index (χ2n) is 5.10. The highest BCUT2D eigenvalue weighted by molar-refractivity contribution is 6.35. The van der Waals surface area contributed by atoms with Gasteiger partial charge in [0.2, 0.25) is 0 Å². The van der Waals surface area contributed by atoms with E-state index in [0.717, 1.165) is 24.2 Å². The Morgan fingerprint density at radius 3 is 2.50 bits per heavy atom. The molecule has 0 aliphatic rings. The summed E-state index contributed by atoms with van der Waals surface area (Å²) >= 11 is 0. The molecule has 0 saturated carbocycles. The van der Waals surface area contributed by atoms with E-state index in [1.807, 2.05) is 24.3 Å². The predicted octanol–water partition coefficient (Wildman–Crippen LogP) is 1.84. The number of amides is 2. The summed E-state index contributed by atoms with van der Waals surface area (Å²) in [7, 11) is 0. The van der Waals surface area contributed by atoms with Crippen molar-refractivity contribution in [3.63, 3.8) is 0 Å². The lowest BCUT2D eigenvalue weighted by atomic mass is 10.2. The Kier molecular flexibility index (Phi) is 7.67. The number of unbranched alkanes of at least 4 members (excludes halogenated alkanes) is 1. The summed E-state index contributed by atoms with van der Waals surface area (Å²) in [6.07, 6.45) is 3.58. The van der Waals surface area contributed by atoms with Crippen LogP contribution in [0.3, 0.4) is 0 Å². The molecule has 0 atom stereocenters. The van der Waals surface area contributed by atoms with Gasteiger partial charge in [0.25, 0.3) is 0 Å². The van der Waals surface area contributed by atoms with Crippen LogP contribution in [0.4, 0.5) is 0 Å². The van der Waals surface area contributed by atoms with Crippen molar-refractivity contribution in [1.29, 1.82) is 0 Å². The zero-order chi connectivity index (χ0) is 16.4. The monoisotopic (exact) mass is 305 g/mol. The van der Waals surface area contributed by atoms with Gasteiger partial charge in [-0.05, 0) is 50.1 Å². The Bertz CT molecular complexity index is 510. The molecular weight excluding hydrogens is 282 g/mol. The van der Waals surface area contributed by atoms with Gasteiger partial charge in [0.15, 0.2) is 0 Å². The first-order valence-corrected chi connectivity index (χ1v) is 7.39. The third-order valence-electron chi connectivity index (χ3n) is 2.65. The van der Waals surface area contributed by atoms with E-state index >= 15 is 0 Å². The zero-order valence-electron chi connectivity index (χ0n) is 13.3. The number of carbonyl (C=O) groups is 2. The molecule has 120 valence electrons. The fraction of sp³-hybridized carbons (Fsp3) is 0.438. The van der Waals surface area contributed by atoms with Crippen molar-refractivity contribution in [2.24, 2.45) is 5.10 Å². The second kappa shape index (κ2) is 9.55. The molecule has 2 amide bonds. The van der Waals surface area contributed by atoms with E-state index in [-0.39, 0.29) is 6.04 Å². The number of nitrogens with zero attached hydrogens (tertiary/aromatic N) is 1. The number of rotatable bonds is 7. The van der Waals surface area contributed by atoms with E-state index in [0.29, 0.717) is 6.61 Å². The van der Waals surface area contributed by atoms with Crippen molar-refractivity contribution in [2.75, 3.05) is 6.61 Å². The standard InChI is InChI=1S/C16H23N3O3/c1-4-5-10-22-14-8-6-13(7-9-14)11-17-19-16(21)15(20)18-12(2)3/h6-9,11-12H,4-5,10H2,1-3H3,(H,18,20)(H,19,21)/b17-11+. The van der Waals surface area contributed by atoms with E-state index in [4.69, 9.17) is 4.74 Å². The smallest absolute Gasteiger partial charge is 0.329 e. The first-order chi connectivity index (χ1) is 10.5. The molecule has 2 N–H and O–H groups in total. The number of hydrazone groups is 1. The Morgan fingerprint density at radius 2 is 1.91 bits per heavy atom. The molecule has 0 heterocycles. The van der Waals surface area contributed by atoms with Gasteiger partial charge in [-0.15, -0.1) is 0 Å². The van der Waals surface area contributed by atoms with Crippen LogP contribution in [-0.4, -0.2) is 30.7 Å². The number of nitrogens with one attached hydrogen (secondary N) is 2. The molecule has 0 aliphatic carbocycles. The van der Waals surface area contributed by atoms with Crippen molar-refractivity contribution in [3.8, 4) is 5.75 Å². The van der Waals surface area contributed by atoms with Crippen LogP contribution in [0, 0.1) is 0 Å². The average Bonchev–Trinajstić information content (AvgIpc) is 2.48. The predicted molar refractivity (Wildman–Crippen MR) is 85.9 cm³/mol. The number of hydrogen-bond acceptors (Lipinski definition) is 4. The lowest BCUT2D eigenvalue weighted by Gasteiger charge is -2.06. The van der Waals surface area contributed by atoms with E-state index in [1.54, 1.807) is 13.8 Å². The molecule has 6 heteroatoms. The lowest BCUT2D eigenvalue weighted by Crippen LogP contribution is -2.41. The number of hydrogen-bond donors (Lipinski definition) is 2. The minimum atomic E-state index is -0.788. The Hall–Kier alpha value is -2.37. The van der Waals surface area contributed by atoms with Gasteiger partial charge in [-0.1, -0.05) is 13.3 Å². The fourth-order valence-corrected chi connectivity index (χ4v) is 1.53. The molecule has 1 aromatic rings. The summed E-state index contributed by atoms with van der Waals surface area (Å²) in [5.41, 5.74) is 2.98. The van der Waals surface area contributed by atoms with E-state index < -0.39 is 11.8 Å². The van der Waals surface area contributed by atoms with Crippen LogP contribution in [0.2, 0.25) is 0 Å². The van der Waals surface area contributed by atoms with Gasteiger partial charge in [0, 0.05) is 6.04 Å². The third-order valence-corrected chi connectivity index (χ3v) is 2.65. The van der Waals surface area contributed by atoms with Gasteiger partial charge in [-0.25, -0.2) is 5.43 Å². The first-order valence-electron chi connectivity index (χ1n) is 7.39. The summed E-state index contributed by atoms with van der Waals surface area (Å²) in [5.74, 6) is -0.692. The molecule has 0 fully saturated rings. The van der Waals surface area contributed by atoms with Crippen molar-refractivity contribution in [1.82, 2.24) is 10.7 Å². The summed E-state index contributed by atoms with van der Waals surface area (Å²) in [6.45, 7) is 6.36. The highest BCUT2D eigenvalue weighted by Crippen LogP contribution is 2.11. The van der Waals surface area contributed by atoms with Crippen molar-refractivity contribution in [2.45, 2.75) is 39.7 Å². The van der Waals surface area contributed by atoms with Gasteiger partial charge >= 0.3 is 11.8 Å². The number of carbonyl (C=O) groups excluding carboxylic acids is 2. The van der Waals surface area contributed by atoms with E-state index in [2.05, 4.69) is 22.8 Å². The van der Waals surface area contributed by atoms with Crippen LogP contribution in [0.25, 0.3) is 0 Å². The maximum atomic E-state index is 11.4. The molecule has 0 aromatic heterocycles. The molecule has 0 unspecified atom stereocenters. The maximum Gasteiger partial charge on any atom is 0.329 e. The quantitative estimate of drug-likeness (QED) is 0.349. The molecule has 1 rings (SSSR count). The largest absolute Gasteiger partial charge is 0.494 e. The van der Waals surface area contributed by atoms with Crippen LogP contribution < -0.4 is 15.5 Å². The molecular formula is C16H23N3O3. The van der Waals surface area contributed by atoms with Crippen molar-refractivity contribution in [3.05, 3.63) is 29.8 Å². The van der Waals surface area contributed by atoms with Crippen molar-refractivity contribution >= 4 is 18.0 Å².